The lowest BCUT2D eigenvalue weighted by Gasteiger charge is -2.49. The molecule has 1 N–H and O–H groups in total. The molecule has 3 aromatic rings. The standard InChI is InChI=1S/C21H19ClN2O2S/c1-21(20(26)23-12-14-5-4-6-15(22)11-14)9-10-24(21)19(25)17-13-27-18-8-3-2-7-16(17)18/h2-8,11,13H,9-10,12H2,1H3,(H,23,26)/t21-/m1/s1. The van der Waals surface area contributed by atoms with E-state index in [9.17, 15) is 9.59 Å². The maximum absolute atomic E-state index is 13.1. The van der Waals surface area contributed by atoms with Crippen molar-refractivity contribution < 1.29 is 9.59 Å². The first-order chi connectivity index (χ1) is 13.0. The minimum atomic E-state index is -0.821. The molecule has 0 bridgehead atoms. The van der Waals surface area contributed by atoms with Crippen molar-refractivity contribution in [3.05, 3.63) is 70.1 Å². The predicted molar refractivity (Wildman–Crippen MR) is 109 cm³/mol. The largest absolute Gasteiger partial charge is 0.350 e. The quantitative estimate of drug-likeness (QED) is 0.704. The molecule has 0 saturated carbocycles. The molecule has 1 aliphatic heterocycles. The van der Waals surface area contributed by atoms with Crippen LogP contribution in [-0.2, 0) is 11.3 Å². The third-order valence-electron chi connectivity index (χ3n) is 5.21. The molecule has 0 aliphatic carbocycles. The van der Waals surface area contributed by atoms with Crippen LogP contribution in [0, 0.1) is 0 Å². The highest BCUT2D eigenvalue weighted by Gasteiger charge is 2.49. The number of amides is 2. The maximum Gasteiger partial charge on any atom is 0.256 e. The van der Waals surface area contributed by atoms with Crippen molar-refractivity contribution >= 4 is 44.8 Å². The summed E-state index contributed by atoms with van der Waals surface area (Å²) < 4.78 is 1.08. The summed E-state index contributed by atoms with van der Waals surface area (Å²) >= 11 is 7.54. The molecule has 0 radical (unpaired) electrons. The zero-order valence-electron chi connectivity index (χ0n) is 14.9. The van der Waals surface area contributed by atoms with Gasteiger partial charge in [0.15, 0.2) is 0 Å². The molecule has 1 fully saturated rings. The number of hydrogen-bond acceptors (Lipinski definition) is 3. The van der Waals surface area contributed by atoms with Crippen molar-refractivity contribution in [2.24, 2.45) is 0 Å². The van der Waals surface area contributed by atoms with E-state index in [0.717, 1.165) is 15.6 Å². The zero-order chi connectivity index (χ0) is 19.0. The Labute approximate surface area is 166 Å². The smallest absolute Gasteiger partial charge is 0.256 e. The number of nitrogens with one attached hydrogen (secondary N) is 1. The number of halogens is 1. The number of fused-ring (bicyclic) bond motifs is 1. The van der Waals surface area contributed by atoms with Crippen LogP contribution in [0.5, 0.6) is 0 Å². The third kappa shape index (κ3) is 3.22. The van der Waals surface area contributed by atoms with Crippen molar-refractivity contribution in [2.45, 2.75) is 25.4 Å². The van der Waals surface area contributed by atoms with E-state index in [2.05, 4.69) is 5.32 Å². The van der Waals surface area contributed by atoms with Gasteiger partial charge >= 0.3 is 0 Å². The number of rotatable bonds is 4. The molecular formula is C21H19ClN2O2S. The molecule has 1 aromatic heterocycles. The van der Waals surface area contributed by atoms with Crippen molar-refractivity contribution in [3.8, 4) is 0 Å². The first-order valence-electron chi connectivity index (χ1n) is 8.80. The van der Waals surface area contributed by atoms with Crippen LogP contribution >= 0.6 is 22.9 Å². The number of carbonyl (C=O) groups is 2. The Morgan fingerprint density at radius 1 is 1.22 bits per heavy atom. The zero-order valence-corrected chi connectivity index (χ0v) is 16.4. The van der Waals surface area contributed by atoms with Gasteiger partial charge in [-0.05, 0) is 37.1 Å². The summed E-state index contributed by atoms with van der Waals surface area (Å²) in [7, 11) is 0. The lowest BCUT2D eigenvalue weighted by atomic mass is 9.84. The Balaban J connectivity index is 1.49. The first kappa shape index (κ1) is 18.0. The molecule has 2 amide bonds. The van der Waals surface area contributed by atoms with E-state index < -0.39 is 5.54 Å². The lowest BCUT2D eigenvalue weighted by molar-refractivity contribution is -0.137. The van der Waals surface area contributed by atoms with Gasteiger partial charge in [-0.3, -0.25) is 9.59 Å². The van der Waals surface area contributed by atoms with Gasteiger partial charge in [0.1, 0.15) is 5.54 Å². The van der Waals surface area contributed by atoms with E-state index in [1.807, 2.05) is 54.8 Å². The van der Waals surface area contributed by atoms with Gasteiger partial charge in [-0.25, -0.2) is 0 Å². The average molecular weight is 399 g/mol. The highest BCUT2D eigenvalue weighted by atomic mass is 35.5. The second-order valence-corrected chi connectivity index (χ2v) is 8.29. The van der Waals surface area contributed by atoms with Crippen LogP contribution in [0.2, 0.25) is 5.02 Å². The normalized spacial score (nSPS) is 19.0. The Morgan fingerprint density at radius 2 is 2.04 bits per heavy atom. The van der Waals surface area contributed by atoms with Gasteiger partial charge in [0.2, 0.25) is 5.91 Å². The van der Waals surface area contributed by atoms with E-state index >= 15 is 0 Å². The van der Waals surface area contributed by atoms with Crippen LogP contribution in [0.25, 0.3) is 10.1 Å². The number of thiophene rings is 1. The molecule has 138 valence electrons. The Bertz CT molecular complexity index is 1030. The van der Waals surface area contributed by atoms with Crippen LogP contribution in [0.15, 0.2) is 53.9 Å². The van der Waals surface area contributed by atoms with Gasteiger partial charge in [-0.1, -0.05) is 41.9 Å². The number of benzene rings is 2. The second kappa shape index (κ2) is 6.98. The van der Waals surface area contributed by atoms with Crippen LogP contribution in [0.3, 0.4) is 0 Å². The Hall–Kier alpha value is -2.37. The predicted octanol–water partition coefficient (Wildman–Crippen LogP) is 4.48. The number of likely N-dealkylation sites (tertiary alicyclic amines) is 1. The summed E-state index contributed by atoms with van der Waals surface area (Å²) in [5.41, 5.74) is 0.781. The van der Waals surface area contributed by atoms with E-state index in [-0.39, 0.29) is 11.8 Å². The lowest BCUT2D eigenvalue weighted by Crippen LogP contribution is -2.67. The summed E-state index contributed by atoms with van der Waals surface area (Å²) in [5, 5.41) is 6.41. The average Bonchev–Trinajstić information content (AvgIpc) is 3.09. The van der Waals surface area contributed by atoms with Gasteiger partial charge < -0.3 is 10.2 Å². The number of carbonyl (C=O) groups excluding carboxylic acids is 2. The summed E-state index contributed by atoms with van der Waals surface area (Å²) in [5.74, 6) is -0.222. The topological polar surface area (TPSA) is 49.4 Å². The molecule has 1 saturated heterocycles. The summed E-state index contributed by atoms with van der Waals surface area (Å²) in [6.45, 7) is 2.80. The Morgan fingerprint density at radius 3 is 2.78 bits per heavy atom. The van der Waals surface area contributed by atoms with Crippen LogP contribution in [0.4, 0.5) is 0 Å². The minimum absolute atomic E-state index is 0.0842. The van der Waals surface area contributed by atoms with Gasteiger partial charge in [0.25, 0.3) is 5.91 Å². The maximum atomic E-state index is 13.1. The van der Waals surface area contributed by atoms with Crippen LogP contribution in [0.1, 0.15) is 29.3 Å². The summed E-state index contributed by atoms with van der Waals surface area (Å²) in [6.07, 6.45) is 0.655. The summed E-state index contributed by atoms with van der Waals surface area (Å²) in [6, 6.07) is 15.2. The Kier molecular flexibility index (Phi) is 4.66. The van der Waals surface area contributed by atoms with E-state index in [1.165, 1.54) is 0 Å². The third-order valence-corrected chi connectivity index (χ3v) is 6.40. The molecule has 1 atom stereocenters. The number of hydrogen-bond donors (Lipinski definition) is 1. The van der Waals surface area contributed by atoms with Crippen molar-refractivity contribution in [1.29, 1.82) is 0 Å². The first-order valence-corrected chi connectivity index (χ1v) is 10.1. The fourth-order valence-corrected chi connectivity index (χ4v) is 4.58. The molecule has 6 heteroatoms. The highest BCUT2D eigenvalue weighted by Crippen LogP contribution is 2.35. The molecule has 0 unspecified atom stereocenters. The number of nitrogens with zero attached hydrogens (tertiary/aromatic N) is 1. The molecule has 2 aromatic carbocycles. The van der Waals surface area contributed by atoms with Gasteiger partial charge in [0.05, 0.1) is 5.56 Å². The fraction of sp³-hybridized carbons (Fsp3) is 0.238. The SMILES string of the molecule is C[C@]1(C(=O)NCc2cccc(Cl)c2)CCN1C(=O)c1csc2ccccc12. The monoisotopic (exact) mass is 398 g/mol. The molecule has 0 spiro atoms. The van der Waals surface area contributed by atoms with Gasteiger partial charge in [0, 0.05) is 33.6 Å². The summed E-state index contributed by atoms with van der Waals surface area (Å²) in [4.78, 5) is 27.6. The van der Waals surface area contributed by atoms with Crippen molar-refractivity contribution in [2.75, 3.05) is 6.54 Å². The molecule has 2 heterocycles. The van der Waals surface area contributed by atoms with Gasteiger partial charge in [-0.2, -0.15) is 0 Å². The second-order valence-electron chi connectivity index (χ2n) is 6.94. The van der Waals surface area contributed by atoms with Crippen molar-refractivity contribution in [1.82, 2.24) is 10.2 Å². The molecule has 27 heavy (non-hydrogen) atoms. The molecular weight excluding hydrogens is 380 g/mol. The highest BCUT2D eigenvalue weighted by molar-refractivity contribution is 7.17. The van der Waals surface area contributed by atoms with E-state index in [1.54, 1.807) is 22.3 Å². The minimum Gasteiger partial charge on any atom is -0.350 e. The van der Waals surface area contributed by atoms with Crippen LogP contribution in [-0.4, -0.2) is 28.8 Å². The van der Waals surface area contributed by atoms with E-state index in [0.29, 0.717) is 30.1 Å². The van der Waals surface area contributed by atoms with Crippen LogP contribution < -0.4 is 5.32 Å². The fourth-order valence-electron chi connectivity index (χ4n) is 3.43. The van der Waals surface area contributed by atoms with Gasteiger partial charge in [-0.15, -0.1) is 11.3 Å². The van der Waals surface area contributed by atoms with Crippen molar-refractivity contribution in [3.63, 3.8) is 0 Å². The molecule has 1 aliphatic rings. The van der Waals surface area contributed by atoms with E-state index in [4.69, 9.17) is 11.6 Å². The molecule has 4 nitrogen and oxygen atoms in total. The molecule has 4 rings (SSSR count).